The lowest BCUT2D eigenvalue weighted by molar-refractivity contribution is -0.145. The van der Waals surface area contributed by atoms with E-state index in [2.05, 4.69) is 0 Å². The fourth-order valence-corrected chi connectivity index (χ4v) is 2.81. The summed E-state index contributed by atoms with van der Waals surface area (Å²) in [5.74, 6) is -2.68. The minimum Gasteiger partial charge on any atom is -0.481 e. The summed E-state index contributed by atoms with van der Waals surface area (Å²) in [6.45, 7) is 0. The zero-order chi connectivity index (χ0) is 14.9. The second-order valence-corrected chi connectivity index (χ2v) is 4.88. The van der Waals surface area contributed by atoms with E-state index in [1.165, 1.54) is 25.3 Å². The van der Waals surface area contributed by atoms with Crippen LogP contribution in [0.5, 0.6) is 0 Å². The number of likely N-dealkylation sites (N-methyl/N-ethyl adjacent to an activating group) is 1. The third-order valence-corrected chi connectivity index (χ3v) is 3.77. The highest BCUT2D eigenvalue weighted by atomic mass is 19.1. The lowest BCUT2D eigenvalue weighted by Crippen LogP contribution is -2.35. The highest BCUT2D eigenvalue weighted by molar-refractivity contribution is 5.79. The number of halogens is 1. The Bertz CT molecular complexity index is 534. The van der Waals surface area contributed by atoms with Crippen molar-refractivity contribution >= 4 is 11.9 Å². The highest BCUT2D eigenvalue weighted by Gasteiger charge is 2.47. The maximum absolute atomic E-state index is 13.3. The number of likely N-dealkylation sites (tertiary alicyclic amines) is 1. The summed E-state index contributed by atoms with van der Waals surface area (Å²) in [6, 6.07) is 4.62. The van der Waals surface area contributed by atoms with Crippen LogP contribution in [-0.2, 0) is 14.3 Å². The lowest BCUT2D eigenvalue weighted by Gasteiger charge is -2.25. The molecule has 1 N–H and O–H groups in total. The summed E-state index contributed by atoms with van der Waals surface area (Å²) in [6.07, 6.45) is 0.152. The number of carboxylic acid groups (broad SMARTS) is 1. The predicted octanol–water partition coefficient (Wildman–Crippen LogP) is 1.44. The number of carboxylic acids is 1. The maximum Gasteiger partial charge on any atom is 0.323 e. The Balaban J connectivity index is 2.38. The SMILES string of the molecule is COC(=O)[C@@H]1C[C@@H](C(=O)O)[C@H](c2cccc(F)c2)N1C. The highest BCUT2D eigenvalue weighted by Crippen LogP contribution is 2.40. The van der Waals surface area contributed by atoms with Crippen molar-refractivity contribution < 1.29 is 23.8 Å². The standard InChI is InChI=1S/C14H16FNO4/c1-16-11(14(19)20-2)7-10(13(17)18)12(16)8-4-3-5-9(15)6-8/h3-6,10-12H,7H2,1-2H3,(H,17,18)/t10-,11+,12+/m1/s1. The Hall–Kier alpha value is -1.95. The number of carbonyl (C=O) groups is 2. The Morgan fingerprint density at radius 1 is 1.45 bits per heavy atom. The number of methoxy groups -OCH3 is 1. The van der Waals surface area contributed by atoms with E-state index in [9.17, 15) is 19.1 Å². The molecule has 108 valence electrons. The van der Waals surface area contributed by atoms with Crippen LogP contribution < -0.4 is 0 Å². The van der Waals surface area contributed by atoms with Crippen LogP contribution in [0, 0.1) is 11.7 Å². The second-order valence-electron chi connectivity index (χ2n) is 4.88. The number of hydrogen-bond acceptors (Lipinski definition) is 4. The van der Waals surface area contributed by atoms with Gasteiger partial charge in [0.25, 0.3) is 0 Å². The molecule has 0 saturated carbocycles. The Kier molecular flexibility index (Phi) is 4.04. The van der Waals surface area contributed by atoms with Gasteiger partial charge in [-0.3, -0.25) is 14.5 Å². The molecule has 3 atom stereocenters. The molecule has 1 aliphatic heterocycles. The van der Waals surface area contributed by atoms with Crippen molar-refractivity contribution in [3.8, 4) is 0 Å². The van der Waals surface area contributed by atoms with Crippen molar-refractivity contribution in [2.45, 2.75) is 18.5 Å². The molecule has 5 nitrogen and oxygen atoms in total. The zero-order valence-electron chi connectivity index (χ0n) is 11.2. The average Bonchev–Trinajstić information content (AvgIpc) is 2.75. The molecule has 0 spiro atoms. The van der Waals surface area contributed by atoms with Gasteiger partial charge < -0.3 is 9.84 Å². The molecule has 2 rings (SSSR count). The molecule has 0 radical (unpaired) electrons. The van der Waals surface area contributed by atoms with Crippen molar-refractivity contribution in [3.05, 3.63) is 35.6 Å². The molecular weight excluding hydrogens is 265 g/mol. The first-order valence-corrected chi connectivity index (χ1v) is 6.23. The number of carbonyl (C=O) groups excluding carboxylic acids is 1. The van der Waals surface area contributed by atoms with E-state index in [1.807, 2.05) is 0 Å². The van der Waals surface area contributed by atoms with Gasteiger partial charge in [-0.2, -0.15) is 0 Å². The molecule has 1 heterocycles. The van der Waals surface area contributed by atoms with Crippen LogP contribution in [0.15, 0.2) is 24.3 Å². The Morgan fingerprint density at radius 2 is 2.15 bits per heavy atom. The van der Waals surface area contributed by atoms with Gasteiger partial charge in [-0.25, -0.2) is 4.39 Å². The van der Waals surface area contributed by atoms with Crippen molar-refractivity contribution in [1.82, 2.24) is 4.90 Å². The van der Waals surface area contributed by atoms with Crippen LogP contribution in [0.3, 0.4) is 0 Å². The van der Waals surface area contributed by atoms with Gasteiger partial charge in [-0.15, -0.1) is 0 Å². The predicted molar refractivity (Wildman–Crippen MR) is 68.5 cm³/mol. The van der Waals surface area contributed by atoms with Crippen molar-refractivity contribution in [2.75, 3.05) is 14.2 Å². The second kappa shape index (κ2) is 5.58. The van der Waals surface area contributed by atoms with Gasteiger partial charge in [0.1, 0.15) is 11.9 Å². The molecular formula is C14H16FNO4. The number of nitrogens with zero attached hydrogens (tertiary/aromatic N) is 1. The first kappa shape index (κ1) is 14.5. The average molecular weight is 281 g/mol. The molecule has 6 heteroatoms. The summed E-state index contributed by atoms with van der Waals surface area (Å²) in [7, 11) is 2.92. The first-order valence-electron chi connectivity index (χ1n) is 6.23. The third kappa shape index (κ3) is 2.51. The fourth-order valence-electron chi connectivity index (χ4n) is 2.81. The molecule has 0 bridgehead atoms. The van der Waals surface area contributed by atoms with Gasteiger partial charge >= 0.3 is 11.9 Å². The summed E-state index contributed by atoms with van der Waals surface area (Å²) in [5.41, 5.74) is 0.548. The summed E-state index contributed by atoms with van der Waals surface area (Å²) in [5, 5.41) is 9.33. The largest absolute Gasteiger partial charge is 0.481 e. The Labute approximate surface area is 116 Å². The number of rotatable bonds is 3. The lowest BCUT2D eigenvalue weighted by atomic mass is 9.93. The Morgan fingerprint density at radius 3 is 2.70 bits per heavy atom. The number of hydrogen-bond donors (Lipinski definition) is 1. The number of aliphatic carboxylic acids is 1. The maximum atomic E-state index is 13.3. The molecule has 0 unspecified atom stereocenters. The fraction of sp³-hybridized carbons (Fsp3) is 0.429. The van der Waals surface area contributed by atoms with Gasteiger partial charge in [0.05, 0.1) is 13.0 Å². The minimum absolute atomic E-state index is 0.152. The first-order chi connectivity index (χ1) is 9.45. The van der Waals surface area contributed by atoms with Crippen LogP contribution in [0.25, 0.3) is 0 Å². The van der Waals surface area contributed by atoms with E-state index in [0.29, 0.717) is 5.56 Å². The molecule has 20 heavy (non-hydrogen) atoms. The summed E-state index contributed by atoms with van der Waals surface area (Å²) >= 11 is 0. The monoisotopic (exact) mass is 281 g/mol. The van der Waals surface area contributed by atoms with Crippen molar-refractivity contribution in [2.24, 2.45) is 5.92 Å². The molecule has 0 aliphatic carbocycles. The molecule has 0 amide bonds. The number of ether oxygens (including phenoxy) is 1. The van der Waals surface area contributed by atoms with Crippen molar-refractivity contribution in [1.29, 1.82) is 0 Å². The van der Waals surface area contributed by atoms with Crippen LogP contribution in [0.4, 0.5) is 4.39 Å². The third-order valence-electron chi connectivity index (χ3n) is 3.77. The van der Waals surface area contributed by atoms with Gasteiger partial charge in [0.2, 0.25) is 0 Å². The van der Waals surface area contributed by atoms with Crippen LogP contribution in [-0.4, -0.2) is 42.1 Å². The topological polar surface area (TPSA) is 66.8 Å². The van der Waals surface area contributed by atoms with Gasteiger partial charge in [0.15, 0.2) is 0 Å². The van der Waals surface area contributed by atoms with E-state index in [1.54, 1.807) is 18.0 Å². The van der Waals surface area contributed by atoms with Gasteiger partial charge in [0, 0.05) is 6.04 Å². The summed E-state index contributed by atoms with van der Waals surface area (Å²) < 4.78 is 18.0. The van der Waals surface area contributed by atoms with E-state index >= 15 is 0 Å². The van der Waals surface area contributed by atoms with Gasteiger partial charge in [-0.05, 0) is 31.2 Å². The molecule has 1 saturated heterocycles. The van der Waals surface area contributed by atoms with Crippen LogP contribution in [0.2, 0.25) is 0 Å². The van der Waals surface area contributed by atoms with E-state index in [-0.39, 0.29) is 6.42 Å². The molecule has 1 aromatic carbocycles. The molecule has 1 fully saturated rings. The van der Waals surface area contributed by atoms with Crippen LogP contribution in [0.1, 0.15) is 18.0 Å². The van der Waals surface area contributed by atoms with E-state index in [4.69, 9.17) is 4.74 Å². The molecule has 0 aromatic heterocycles. The van der Waals surface area contributed by atoms with Gasteiger partial charge in [-0.1, -0.05) is 12.1 Å². The van der Waals surface area contributed by atoms with E-state index < -0.39 is 35.8 Å². The number of esters is 1. The normalized spacial score (nSPS) is 26.4. The molecule has 1 aliphatic rings. The summed E-state index contributed by atoms with van der Waals surface area (Å²) in [4.78, 5) is 24.7. The quantitative estimate of drug-likeness (QED) is 0.849. The van der Waals surface area contributed by atoms with E-state index in [0.717, 1.165) is 0 Å². The smallest absolute Gasteiger partial charge is 0.323 e. The molecule has 1 aromatic rings. The number of benzene rings is 1. The van der Waals surface area contributed by atoms with Crippen LogP contribution >= 0.6 is 0 Å². The minimum atomic E-state index is -1.00. The van der Waals surface area contributed by atoms with Crippen molar-refractivity contribution in [3.63, 3.8) is 0 Å². The zero-order valence-corrected chi connectivity index (χ0v) is 11.2.